The molecule has 2 aromatic carbocycles. The molecule has 26 heavy (non-hydrogen) atoms. The molecule has 2 atom stereocenters. The average Bonchev–Trinajstić information content (AvgIpc) is 2.57. The Kier molecular flexibility index (Phi) is 6.14. The Balaban J connectivity index is 1.68. The number of morpholine rings is 1. The molecule has 1 aliphatic rings. The minimum Gasteiger partial charge on any atom is -0.455 e. The van der Waals surface area contributed by atoms with E-state index in [0.29, 0.717) is 28.8 Å². The molecule has 0 aromatic heterocycles. The molecule has 1 saturated heterocycles. The van der Waals surface area contributed by atoms with Crippen LogP contribution in [0.15, 0.2) is 48.5 Å². The van der Waals surface area contributed by atoms with Gasteiger partial charge in [0.15, 0.2) is 5.75 Å². The number of benzene rings is 2. The Labute approximate surface area is 158 Å². The second-order valence-corrected chi connectivity index (χ2v) is 6.99. The van der Waals surface area contributed by atoms with E-state index in [1.807, 2.05) is 44.2 Å². The highest BCUT2D eigenvalue weighted by Gasteiger charge is 2.24. The fourth-order valence-corrected chi connectivity index (χ4v) is 3.28. The molecule has 1 heterocycles. The number of amides is 1. The van der Waals surface area contributed by atoms with Gasteiger partial charge in [0.05, 0.1) is 24.4 Å². The highest BCUT2D eigenvalue weighted by atomic mass is 35.5. The normalized spacial score (nSPS) is 20.6. The summed E-state index contributed by atoms with van der Waals surface area (Å²) in [7, 11) is 0. The van der Waals surface area contributed by atoms with Crippen molar-refractivity contribution in [3.63, 3.8) is 0 Å². The highest BCUT2D eigenvalue weighted by molar-refractivity contribution is 6.31. The summed E-state index contributed by atoms with van der Waals surface area (Å²) in [5, 5.41) is 3.45. The van der Waals surface area contributed by atoms with Gasteiger partial charge >= 0.3 is 0 Å². The number of hydrogen-bond donors (Lipinski definition) is 1. The van der Waals surface area contributed by atoms with Gasteiger partial charge in [0, 0.05) is 18.1 Å². The van der Waals surface area contributed by atoms with E-state index >= 15 is 0 Å². The molecule has 0 radical (unpaired) electrons. The fourth-order valence-electron chi connectivity index (χ4n) is 3.11. The Morgan fingerprint density at radius 1 is 1.19 bits per heavy atom. The molecule has 2 aromatic rings. The van der Waals surface area contributed by atoms with Crippen LogP contribution < -0.4 is 10.1 Å². The molecule has 1 aliphatic heterocycles. The van der Waals surface area contributed by atoms with Gasteiger partial charge in [-0.2, -0.15) is 0 Å². The quantitative estimate of drug-likeness (QED) is 0.853. The summed E-state index contributed by atoms with van der Waals surface area (Å²) in [6.07, 6.45) is 0.240. The molecule has 0 aliphatic carbocycles. The van der Waals surface area contributed by atoms with Crippen molar-refractivity contribution in [2.45, 2.75) is 26.1 Å². The molecule has 0 bridgehead atoms. The number of carbonyl (C=O) groups is 1. The van der Waals surface area contributed by atoms with Crippen LogP contribution in [0.5, 0.6) is 11.5 Å². The maximum Gasteiger partial charge on any atom is 0.238 e. The van der Waals surface area contributed by atoms with E-state index in [4.69, 9.17) is 21.1 Å². The number of nitrogens with one attached hydrogen (secondary N) is 1. The zero-order chi connectivity index (χ0) is 18.5. The largest absolute Gasteiger partial charge is 0.455 e. The number of carbonyl (C=O) groups excluding carboxylic acids is 1. The predicted octanol–water partition coefficient (Wildman–Crippen LogP) is 4.18. The number of nitrogens with zero attached hydrogens (tertiary/aromatic N) is 1. The second kappa shape index (κ2) is 8.54. The van der Waals surface area contributed by atoms with E-state index in [0.717, 1.165) is 13.1 Å². The van der Waals surface area contributed by atoms with Crippen LogP contribution in [0.2, 0.25) is 5.02 Å². The lowest BCUT2D eigenvalue weighted by atomic mass is 10.2. The van der Waals surface area contributed by atoms with Crippen LogP contribution in [0.3, 0.4) is 0 Å². The van der Waals surface area contributed by atoms with Crippen LogP contribution in [-0.2, 0) is 9.53 Å². The first-order valence-electron chi connectivity index (χ1n) is 8.69. The number of ether oxygens (including phenoxy) is 2. The molecule has 2 unspecified atom stereocenters. The maximum absolute atomic E-state index is 12.5. The van der Waals surface area contributed by atoms with Crippen LogP contribution in [0.1, 0.15) is 13.8 Å². The predicted molar refractivity (Wildman–Crippen MR) is 103 cm³/mol. The molecule has 0 spiro atoms. The van der Waals surface area contributed by atoms with Crippen molar-refractivity contribution in [2.75, 3.05) is 25.0 Å². The van der Waals surface area contributed by atoms with Crippen molar-refractivity contribution < 1.29 is 14.3 Å². The Morgan fingerprint density at radius 2 is 1.88 bits per heavy atom. The van der Waals surface area contributed by atoms with Gasteiger partial charge in [-0.1, -0.05) is 29.8 Å². The van der Waals surface area contributed by atoms with E-state index in [1.165, 1.54) is 0 Å². The summed E-state index contributed by atoms with van der Waals surface area (Å²) in [5.74, 6) is 1.14. The average molecular weight is 375 g/mol. The topological polar surface area (TPSA) is 50.8 Å². The molecule has 0 saturated carbocycles. The van der Waals surface area contributed by atoms with Crippen LogP contribution in [-0.4, -0.2) is 42.6 Å². The highest BCUT2D eigenvalue weighted by Crippen LogP contribution is 2.32. The molecular formula is C20H23ClN2O3. The van der Waals surface area contributed by atoms with Crippen molar-refractivity contribution in [3.05, 3.63) is 53.6 Å². The lowest BCUT2D eigenvalue weighted by Gasteiger charge is -2.34. The third-order valence-corrected chi connectivity index (χ3v) is 4.28. The first-order valence-corrected chi connectivity index (χ1v) is 9.07. The molecule has 6 heteroatoms. The Bertz CT molecular complexity index is 744. The van der Waals surface area contributed by atoms with Gasteiger partial charge in [0.1, 0.15) is 5.75 Å². The van der Waals surface area contributed by atoms with Gasteiger partial charge in [-0.15, -0.1) is 0 Å². The number of para-hydroxylation sites is 1. The smallest absolute Gasteiger partial charge is 0.238 e. The number of rotatable bonds is 5. The summed E-state index contributed by atoms with van der Waals surface area (Å²) in [5.41, 5.74) is 0.556. The molecule has 1 N–H and O–H groups in total. The molecule has 5 nitrogen and oxygen atoms in total. The van der Waals surface area contributed by atoms with Gasteiger partial charge in [-0.05, 0) is 44.2 Å². The SMILES string of the molecule is CC1CN(CC(=O)Nc2cc(Cl)ccc2Oc2ccccc2)CC(C)O1. The first kappa shape index (κ1) is 18.7. The van der Waals surface area contributed by atoms with Crippen LogP contribution in [0, 0.1) is 0 Å². The zero-order valence-corrected chi connectivity index (χ0v) is 15.7. The van der Waals surface area contributed by atoms with E-state index in [2.05, 4.69) is 10.2 Å². The fraction of sp³-hybridized carbons (Fsp3) is 0.350. The first-order chi connectivity index (χ1) is 12.5. The van der Waals surface area contributed by atoms with Crippen LogP contribution in [0.4, 0.5) is 5.69 Å². The van der Waals surface area contributed by atoms with Gasteiger partial charge in [0.2, 0.25) is 5.91 Å². The number of hydrogen-bond acceptors (Lipinski definition) is 4. The van der Waals surface area contributed by atoms with Crippen molar-refractivity contribution >= 4 is 23.2 Å². The van der Waals surface area contributed by atoms with Crippen LogP contribution in [0.25, 0.3) is 0 Å². The lowest BCUT2D eigenvalue weighted by Crippen LogP contribution is -2.48. The second-order valence-electron chi connectivity index (χ2n) is 6.56. The number of anilines is 1. The summed E-state index contributed by atoms with van der Waals surface area (Å²) in [4.78, 5) is 14.6. The minimum atomic E-state index is -0.105. The van der Waals surface area contributed by atoms with Crippen molar-refractivity contribution in [2.24, 2.45) is 0 Å². The maximum atomic E-state index is 12.5. The Hall–Kier alpha value is -2.08. The molecular weight excluding hydrogens is 352 g/mol. The monoisotopic (exact) mass is 374 g/mol. The van der Waals surface area contributed by atoms with Gasteiger partial charge in [-0.3, -0.25) is 9.69 Å². The zero-order valence-electron chi connectivity index (χ0n) is 14.9. The van der Waals surface area contributed by atoms with Gasteiger partial charge in [0.25, 0.3) is 0 Å². The minimum absolute atomic E-state index is 0.105. The third kappa shape index (κ3) is 5.21. The summed E-state index contributed by atoms with van der Waals surface area (Å²) in [6, 6.07) is 14.6. The summed E-state index contributed by atoms with van der Waals surface area (Å²) < 4.78 is 11.6. The standard InChI is InChI=1S/C20H23ClN2O3/c1-14-11-23(12-15(2)25-14)13-20(24)22-18-10-16(21)8-9-19(18)26-17-6-4-3-5-7-17/h3-10,14-15H,11-13H2,1-2H3,(H,22,24). The molecule has 3 rings (SSSR count). The molecule has 138 valence electrons. The van der Waals surface area contributed by atoms with E-state index in [1.54, 1.807) is 18.2 Å². The molecule has 1 amide bonds. The van der Waals surface area contributed by atoms with Crippen molar-refractivity contribution in [3.8, 4) is 11.5 Å². The summed E-state index contributed by atoms with van der Waals surface area (Å²) in [6.45, 7) is 5.81. The van der Waals surface area contributed by atoms with Crippen molar-refractivity contribution in [1.82, 2.24) is 4.90 Å². The summed E-state index contributed by atoms with van der Waals surface area (Å²) >= 11 is 6.10. The molecule has 1 fully saturated rings. The third-order valence-electron chi connectivity index (χ3n) is 4.05. The van der Waals surface area contributed by atoms with Crippen molar-refractivity contribution in [1.29, 1.82) is 0 Å². The van der Waals surface area contributed by atoms with E-state index < -0.39 is 0 Å². The van der Waals surface area contributed by atoms with Crippen LogP contribution >= 0.6 is 11.6 Å². The number of halogens is 1. The van der Waals surface area contributed by atoms with E-state index in [-0.39, 0.29) is 18.1 Å². The Morgan fingerprint density at radius 3 is 2.58 bits per heavy atom. The lowest BCUT2D eigenvalue weighted by molar-refractivity contribution is -0.121. The van der Waals surface area contributed by atoms with Gasteiger partial charge < -0.3 is 14.8 Å². The van der Waals surface area contributed by atoms with Gasteiger partial charge in [-0.25, -0.2) is 0 Å². The van der Waals surface area contributed by atoms with E-state index in [9.17, 15) is 4.79 Å².